The van der Waals surface area contributed by atoms with Crippen LogP contribution >= 0.6 is 0 Å². The molecule has 0 bridgehead atoms. The molecule has 114 valence electrons. The Morgan fingerprint density at radius 3 is 2.61 bits per heavy atom. The summed E-state index contributed by atoms with van der Waals surface area (Å²) in [6, 6.07) is 17.8. The second-order valence-corrected chi connectivity index (χ2v) is 5.01. The molecular weight excluding hydrogens is 290 g/mol. The zero-order valence-electron chi connectivity index (χ0n) is 12.2. The molecule has 1 amide bonds. The summed E-state index contributed by atoms with van der Waals surface area (Å²) in [5.74, 6) is -0.306. The standard InChI is InChI=1S/C18H15N3O2/c19-16-8-4-3-7-14(16)18(23)21-20-11-15-13-6-2-1-5-12(13)9-10-17(15)22/h1-11,22H,19H2,(H,21,23). The Hall–Kier alpha value is -3.34. The highest BCUT2D eigenvalue weighted by atomic mass is 16.3. The number of aromatic hydroxyl groups is 1. The summed E-state index contributed by atoms with van der Waals surface area (Å²) in [5.41, 5.74) is 9.45. The topological polar surface area (TPSA) is 87.7 Å². The first-order valence-electron chi connectivity index (χ1n) is 7.05. The number of rotatable bonds is 3. The number of nitrogen functional groups attached to an aromatic ring is 1. The predicted molar refractivity (Wildman–Crippen MR) is 91.5 cm³/mol. The molecule has 3 rings (SSSR count). The predicted octanol–water partition coefficient (Wildman–Crippen LogP) is 2.89. The molecule has 0 aliphatic heterocycles. The molecule has 3 aromatic carbocycles. The quantitative estimate of drug-likeness (QED) is 0.395. The van der Waals surface area contributed by atoms with E-state index in [-0.39, 0.29) is 5.75 Å². The first-order chi connectivity index (χ1) is 11.2. The number of nitrogens with zero attached hydrogens (tertiary/aromatic N) is 1. The number of nitrogens with two attached hydrogens (primary N) is 1. The van der Waals surface area contributed by atoms with E-state index in [1.165, 1.54) is 6.21 Å². The Bertz CT molecular complexity index is 904. The second-order valence-electron chi connectivity index (χ2n) is 5.01. The smallest absolute Gasteiger partial charge is 0.273 e. The number of nitrogens with one attached hydrogen (secondary N) is 1. The van der Waals surface area contributed by atoms with E-state index in [1.54, 1.807) is 30.3 Å². The average Bonchev–Trinajstić information content (AvgIpc) is 2.57. The summed E-state index contributed by atoms with van der Waals surface area (Å²) in [5, 5.41) is 15.8. The Balaban J connectivity index is 1.85. The minimum absolute atomic E-state index is 0.0981. The Labute approximate surface area is 133 Å². The Morgan fingerprint density at radius 2 is 1.78 bits per heavy atom. The highest BCUT2D eigenvalue weighted by molar-refractivity contribution is 6.03. The summed E-state index contributed by atoms with van der Waals surface area (Å²) >= 11 is 0. The molecule has 0 radical (unpaired) electrons. The SMILES string of the molecule is Nc1ccccc1C(=O)NN=Cc1c(O)ccc2ccccc12. The maximum atomic E-state index is 12.0. The van der Waals surface area contributed by atoms with Crippen LogP contribution in [0.1, 0.15) is 15.9 Å². The Morgan fingerprint density at radius 1 is 1.04 bits per heavy atom. The number of benzene rings is 3. The van der Waals surface area contributed by atoms with Crippen molar-refractivity contribution in [2.75, 3.05) is 5.73 Å². The lowest BCUT2D eigenvalue weighted by Crippen LogP contribution is -2.19. The molecule has 0 saturated carbocycles. The average molecular weight is 305 g/mol. The van der Waals surface area contributed by atoms with E-state index >= 15 is 0 Å². The zero-order valence-corrected chi connectivity index (χ0v) is 12.2. The van der Waals surface area contributed by atoms with E-state index in [0.717, 1.165) is 10.8 Å². The molecule has 4 N–H and O–H groups in total. The number of fused-ring (bicyclic) bond motifs is 1. The van der Waals surface area contributed by atoms with E-state index in [4.69, 9.17) is 5.73 Å². The summed E-state index contributed by atoms with van der Waals surface area (Å²) < 4.78 is 0. The molecule has 0 saturated heterocycles. The molecule has 0 atom stereocenters. The fraction of sp³-hybridized carbons (Fsp3) is 0. The monoisotopic (exact) mass is 305 g/mol. The van der Waals surface area contributed by atoms with E-state index in [9.17, 15) is 9.90 Å². The second kappa shape index (κ2) is 6.19. The van der Waals surface area contributed by atoms with Crippen LogP contribution in [-0.4, -0.2) is 17.2 Å². The van der Waals surface area contributed by atoms with Crippen LogP contribution in [0.4, 0.5) is 5.69 Å². The molecule has 0 fully saturated rings. The zero-order chi connectivity index (χ0) is 16.2. The van der Waals surface area contributed by atoms with Crippen LogP contribution in [0, 0.1) is 0 Å². The lowest BCUT2D eigenvalue weighted by molar-refractivity contribution is 0.0956. The number of amides is 1. The number of phenolic OH excluding ortho intramolecular Hbond substituents is 1. The van der Waals surface area contributed by atoms with Crippen LogP contribution < -0.4 is 11.2 Å². The fourth-order valence-electron chi connectivity index (χ4n) is 2.34. The number of hydrogen-bond acceptors (Lipinski definition) is 4. The number of carbonyl (C=O) groups excluding carboxylic acids is 1. The normalized spacial score (nSPS) is 11.0. The maximum Gasteiger partial charge on any atom is 0.273 e. The molecule has 0 heterocycles. The number of hydrogen-bond donors (Lipinski definition) is 3. The van der Waals surface area contributed by atoms with Crippen molar-refractivity contribution < 1.29 is 9.90 Å². The first-order valence-corrected chi connectivity index (χ1v) is 7.05. The molecule has 0 aliphatic carbocycles. The van der Waals surface area contributed by atoms with Crippen molar-refractivity contribution in [1.82, 2.24) is 5.43 Å². The van der Waals surface area contributed by atoms with E-state index in [2.05, 4.69) is 10.5 Å². The summed E-state index contributed by atoms with van der Waals surface area (Å²) in [7, 11) is 0. The minimum Gasteiger partial charge on any atom is -0.507 e. The van der Waals surface area contributed by atoms with Crippen molar-refractivity contribution in [3.05, 3.63) is 71.8 Å². The number of carbonyl (C=O) groups is 1. The number of phenols is 1. The van der Waals surface area contributed by atoms with Gasteiger partial charge in [-0.05, 0) is 29.0 Å². The van der Waals surface area contributed by atoms with Gasteiger partial charge in [0, 0.05) is 11.3 Å². The van der Waals surface area contributed by atoms with Crippen molar-refractivity contribution in [2.24, 2.45) is 5.10 Å². The van der Waals surface area contributed by atoms with Gasteiger partial charge in [0.1, 0.15) is 5.75 Å². The lowest BCUT2D eigenvalue weighted by Gasteiger charge is -2.05. The van der Waals surface area contributed by atoms with Gasteiger partial charge < -0.3 is 10.8 Å². The van der Waals surface area contributed by atoms with Gasteiger partial charge in [0.05, 0.1) is 11.8 Å². The van der Waals surface area contributed by atoms with Gasteiger partial charge in [0.15, 0.2) is 0 Å². The molecule has 0 unspecified atom stereocenters. The van der Waals surface area contributed by atoms with Crippen molar-refractivity contribution in [3.63, 3.8) is 0 Å². The molecule has 23 heavy (non-hydrogen) atoms. The van der Waals surface area contributed by atoms with Gasteiger partial charge in [-0.2, -0.15) is 5.10 Å². The van der Waals surface area contributed by atoms with Crippen LogP contribution in [0.25, 0.3) is 10.8 Å². The molecule has 5 nitrogen and oxygen atoms in total. The molecule has 0 aliphatic rings. The van der Waals surface area contributed by atoms with E-state index in [0.29, 0.717) is 16.8 Å². The van der Waals surface area contributed by atoms with Gasteiger partial charge >= 0.3 is 0 Å². The van der Waals surface area contributed by atoms with Crippen LogP contribution in [0.3, 0.4) is 0 Å². The third kappa shape index (κ3) is 2.98. The summed E-state index contributed by atoms with van der Waals surface area (Å²) in [4.78, 5) is 12.0. The van der Waals surface area contributed by atoms with Gasteiger partial charge in [-0.1, -0.05) is 42.5 Å². The lowest BCUT2D eigenvalue weighted by atomic mass is 10.0. The summed E-state index contributed by atoms with van der Waals surface area (Å²) in [6.45, 7) is 0. The third-order valence-corrected chi connectivity index (χ3v) is 3.51. The van der Waals surface area contributed by atoms with Crippen LogP contribution in [0.5, 0.6) is 5.75 Å². The highest BCUT2D eigenvalue weighted by Gasteiger charge is 2.08. The van der Waals surface area contributed by atoms with Crippen molar-refractivity contribution in [3.8, 4) is 5.75 Å². The number of hydrazone groups is 1. The van der Waals surface area contributed by atoms with Gasteiger partial charge in [-0.15, -0.1) is 0 Å². The van der Waals surface area contributed by atoms with Gasteiger partial charge in [0.25, 0.3) is 5.91 Å². The molecule has 0 aromatic heterocycles. The van der Waals surface area contributed by atoms with Gasteiger partial charge in [-0.3, -0.25) is 4.79 Å². The van der Waals surface area contributed by atoms with Crippen LogP contribution in [0.15, 0.2) is 65.8 Å². The number of anilines is 1. The fourth-order valence-corrected chi connectivity index (χ4v) is 2.34. The molecular formula is C18H15N3O2. The van der Waals surface area contributed by atoms with Gasteiger partial charge in [-0.25, -0.2) is 5.43 Å². The highest BCUT2D eigenvalue weighted by Crippen LogP contribution is 2.25. The molecule has 5 heteroatoms. The van der Waals surface area contributed by atoms with E-state index < -0.39 is 5.91 Å². The summed E-state index contributed by atoms with van der Waals surface area (Å²) in [6.07, 6.45) is 1.43. The van der Waals surface area contributed by atoms with Crippen LogP contribution in [0.2, 0.25) is 0 Å². The number of para-hydroxylation sites is 1. The van der Waals surface area contributed by atoms with E-state index in [1.807, 2.05) is 30.3 Å². The van der Waals surface area contributed by atoms with Crippen molar-refractivity contribution in [2.45, 2.75) is 0 Å². The molecule has 3 aromatic rings. The van der Waals surface area contributed by atoms with Crippen molar-refractivity contribution >= 4 is 28.6 Å². The Kier molecular flexibility index (Phi) is 3.93. The minimum atomic E-state index is -0.404. The maximum absolute atomic E-state index is 12.0. The first kappa shape index (κ1) is 14.6. The van der Waals surface area contributed by atoms with Gasteiger partial charge in [0.2, 0.25) is 0 Å². The van der Waals surface area contributed by atoms with Crippen molar-refractivity contribution in [1.29, 1.82) is 0 Å². The third-order valence-electron chi connectivity index (χ3n) is 3.51. The van der Waals surface area contributed by atoms with Crippen LogP contribution in [-0.2, 0) is 0 Å². The largest absolute Gasteiger partial charge is 0.507 e. The molecule has 0 spiro atoms.